The molecule has 1 aliphatic rings. The Balaban J connectivity index is 2.09. The Kier molecular flexibility index (Phi) is 5.06. The molecule has 1 amide bonds. The van der Waals surface area contributed by atoms with Crippen LogP contribution in [0.25, 0.3) is 0 Å². The number of rotatable bonds is 4. The number of amides is 1. The number of carbonyl (C=O) groups is 1. The van der Waals surface area contributed by atoms with Crippen molar-refractivity contribution in [1.29, 1.82) is 0 Å². The number of H-pyrrole nitrogens is 1. The summed E-state index contributed by atoms with van der Waals surface area (Å²) < 4.78 is 0. The van der Waals surface area contributed by atoms with Crippen LogP contribution >= 0.6 is 0 Å². The predicted molar refractivity (Wildman–Crippen MR) is 88.2 cm³/mol. The molecule has 0 aliphatic heterocycles. The third-order valence-corrected chi connectivity index (χ3v) is 4.89. The molecule has 5 nitrogen and oxygen atoms in total. The fourth-order valence-corrected chi connectivity index (χ4v) is 3.45. The standard InChI is InChI=1S/C17H27N3O2/c1-12-6-5-9-17(10-12,20(3)4)11-18-15(21)14-8-7-13(2)19-16(14)22/h7-8,12H,5-6,9-11H2,1-4H3,(H,18,21)(H,19,22). The molecule has 5 heteroatoms. The summed E-state index contributed by atoms with van der Waals surface area (Å²) in [4.78, 5) is 29.1. The first-order chi connectivity index (χ1) is 10.3. The van der Waals surface area contributed by atoms with E-state index in [-0.39, 0.29) is 22.6 Å². The van der Waals surface area contributed by atoms with E-state index < -0.39 is 0 Å². The van der Waals surface area contributed by atoms with E-state index in [0.29, 0.717) is 12.5 Å². The first-order valence-electron chi connectivity index (χ1n) is 8.00. The number of hydrogen-bond donors (Lipinski definition) is 2. The van der Waals surface area contributed by atoms with E-state index in [4.69, 9.17) is 0 Å². The summed E-state index contributed by atoms with van der Waals surface area (Å²) in [6, 6.07) is 3.34. The SMILES string of the molecule is Cc1ccc(C(=O)NCC2(N(C)C)CCCC(C)C2)c(=O)[nH]1. The highest BCUT2D eigenvalue weighted by Gasteiger charge is 2.37. The van der Waals surface area contributed by atoms with E-state index in [1.165, 1.54) is 12.8 Å². The topological polar surface area (TPSA) is 65.2 Å². The Morgan fingerprint density at radius 3 is 2.77 bits per heavy atom. The largest absolute Gasteiger partial charge is 0.350 e. The summed E-state index contributed by atoms with van der Waals surface area (Å²) in [5.41, 5.74) is 0.606. The van der Waals surface area contributed by atoms with Crippen LogP contribution in [0.1, 0.15) is 48.7 Å². The summed E-state index contributed by atoms with van der Waals surface area (Å²) in [5, 5.41) is 2.97. The summed E-state index contributed by atoms with van der Waals surface area (Å²) in [6.45, 7) is 4.65. The predicted octanol–water partition coefficient (Wildman–Crippen LogP) is 1.92. The minimum absolute atomic E-state index is 0.00914. The second-order valence-electron chi connectivity index (χ2n) is 6.89. The number of nitrogens with zero attached hydrogens (tertiary/aromatic N) is 1. The van der Waals surface area contributed by atoms with Gasteiger partial charge in [-0.1, -0.05) is 19.8 Å². The molecule has 1 saturated carbocycles. The van der Waals surface area contributed by atoms with E-state index in [1.807, 2.05) is 0 Å². The molecular formula is C17H27N3O2. The molecular weight excluding hydrogens is 278 g/mol. The van der Waals surface area contributed by atoms with Gasteiger partial charge in [-0.25, -0.2) is 0 Å². The number of carbonyl (C=O) groups excluding carboxylic acids is 1. The van der Waals surface area contributed by atoms with Crippen LogP contribution in [-0.4, -0.2) is 42.0 Å². The molecule has 0 radical (unpaired) electrons. The van der Waals surface area contributed by atoms with Crippen molar-refractivity contribution >= 4 is 5.91 Å². The second-order valence-corrected chi connectivity index (χ2v) is 6.89. The van der Waals surface area contributed by atoms with Gasteiger partial charge in [0.25, 0.3) is 11.5 Å². The van der Waals surface area contributed by atoms with Gasteiger partial charge in [0.1, 0.15) is 5.56 Å². The number of aromatic amines is 1. The van der Waals surface area contributed by atoms with Crippen molar-refractivity contribution in [3.8, 4) is 0 Å². The van der Waals surface area contributed by atoms with Crippen LogP contribution in [0.2, 0.25) is 0 Å². The Morgan fingerprint density at radius 1 is 1.45 bits per heavy atom. The highest BCUT2D eigenvalue weighted by molar-refractivity contribution is 5.93. The number of nitrogens with one attached hydrogen (secondary N) is 2. The Bertz CT molecular complexity index is 594. The summed E-state index contributed by atoms with van der Waals surface area (Å²) in [7, 11) is 4.14. The lowest BCUT2D eigenvalue weighted by Crippen LogP contribution is -2.55. The third-order valence-electron chi connectivity index (χ3n) is 4.89. The van der Waals surface area contributed by atoms with Crippen molar-refractivity contribution in [2.45, 2.75) is 45.1 Å². The van der Waals surface area contributed by atoms with E-state index in [2.05, 4.69) is 36.2 Å². The van der Waals surface area contributed by atoms with Crippen molar-refractivity contribution < 1.29 is 4.79 Å². The summed E-state index contributed by atoms with van der Waals surface area (Å²) >= 11 is 0. The molecule has 2 rings (SSSR count). The maximum atomic E-state index is 12.3. The van der Waals surface area contributed by atoms with Crippen LogP contribution in [0.3, 0.4) is 0 Å². The van der Waals surface area contributed by atoms with Gasteiger partial charge in [-0.2, -0.15) is 0 Å². The van der Waals surface area contributed by atoms with Crippen molar-refractivity contribution in [3.63, 3.8) is 0 Å². The molecule has 122 valence electrons. The number of aromatic nitrogens is 1. The Hall–Kier alpha value is -1.62. The number of pyridine rings is 1. The van der Waals surface area contributed by atoms with E-state index in [9.17, 15) is 9.59 Å². The molecule has 1 aromatic heterocycles. The molecule has 1 aromatic rings. The van der Waals surface area contributed by atoms with E-state index >= 15 is 0 Å². The van der Waals surface area contributed by atoms with Gasteiger partial charge in [0.2, 0.25) is 0 Å². The van der Waals surface area contributed by atoms with Gasteiger partial charge in [-0.05, 0) is 51.9 Å². The number of aryl methyl sites for hydroxylation is 1. The lowest BCUT2D eigenvalue weighted by Gasteiger charge is -2.45. The molecule has 1 fully saturated rings. The van der Waals surface area contributed by atoms with Crippen LogP contribution in [0.5, 0.6) is 0 Å². The van der Waals surface area contributed by atoms with Crippen molar-refractivity contribution in [1.82, 2.24) is 15.2 Å². The molecule has 0 saturated heterocycles. The zero-order valence-corrected chi connectivity index (χ0v) is 14.0. The van der Waals surface area contributed by atoms with Gasteiger partial charge in [0, 0.05) is 17.8 Å². The molecule has 1 heterocycles. The highest BCUT2D eigenvalue weighted by Crippen LogP contribution is 2.35. The average Bonchev–Trinajstić information content (AvgIpc) is 2.44. The van der Waals surface area contributed by atoms with Crippen molar-refractivity contribution in [2.75, 3.05) is 20.6 Å². The third kappa shape index (κ3) is 3.58. The van der Waals surface area contributed by atoms with Gasteiger partial charge >= 0.3 is 0 Å². The van der Waals surface area contributed by atoms with Crippen LogP contribution in [-0.2, 0) is 0 Å². The van der Waals surface area contributed by atoms with E-state index in [1.54, 1.807) is 19.1 Å². The number of likely N-dealkylation sites (N-methyl/N-ethyl adjacent to an activating group) is 1. The molecule has 22 heavy (non-hydrogen) atoms. The normalized spacial score (nSPS) is 25.2. The van der Waals surface area contributed by atoms with Gasteiger partial charge in [-0.15, -0.1) is 0 Å². The highest BCUT2D eigenvalue weighted by atomic mass is 16.2. The summed E-state index contributed by atoms with van der Waals surface area (Å²) in [6.07, 6.45) is 4.58. The van der Waals surface area contributed by atoms with Gasteiger partial charge in [-0.3, -0.25) is 9.59 Å². The van der Waals surface area contributed by atoms with Gasteiger partial charge in [0.05, 0.1) is 0 Å². The van der Waals surface area contributed by atoms with Crippen LogP contribution in [0.4, 0.5) is 0 Å². The molecule has 0 spiro atoms. The lowest BCUT2D eigenvalue weighted by atomic mass is 9.75. The molecule has 2 N–H and O–H groups in total. The lowest BCUT2D eigenvalue weighted by molar-refractivity contribution is 0.0674. The summed E-state index contributed by atoms with van der Waals surface area (Å²) in [5.74, 6) is 0.372. The Labute approximate surface area is 132 Å². The van der Waals surface area contributed by atoms with Crippen molar-refractivity contribution in [3.05, 3.63) is 33.7 Å². The van der Waals surface area contributed by atoms with Crippen molar-refractivity contribution in [2.24, 2.45) is 5.92 Å². The van der Waals surface area contributed by atoms with Crippen LogP contribution in [0.15, 0.2) is 16.9 Å². The molecule has 0 aromatic carbocycles. The second kappa shape index (κ2) is 6.65. The zero-order valence-electron chi connectivity index (χ0n) is 14.0. The first kappa shape index (κ1) is 16.7. The molecule has 2 atom stereocenters. The average molecular weight is 305 g/mol. The maximum absolute atomic E-state index is 12.3. The van der Waals surface area contributed by atoms with Crippen LogP contribution < -0.4 is 10.9 Å². The van der Waals surface area contributed by atoms with Crippen LogP contribution in [0, 0.1) is 12.8 Å². The fraction of sp³-hybridized carbons (Fsp3) is 0.647. The monoisotopic (exact) mass is 305 g/mol. The minimum Gasteiger partial charge on any atom is -0.350 e. The number of hydrogen-bond acceptors (Lipinski definition) is 3. The van der Waals surface area contributed by atoms with Gasteiger partial charge < -0.3 is 15.2 Å². The minimum atomic E-state index is -0.326. The molecule has 0 bridgehead atoms. The fourth-order valence-electron chi connectivity index (χ4n) is 3.45. The molecule has 2 unspecified atom stereocenters. The first-order valence-corrected chi connectivity index (χ1v) is 8.00. The maximum Gasteiger partial charge on any atom is 0.260 e. The van der Waals surface area contributed by atoms with E-state index in [0.717, 1.165) is 18.5 Å². The van der Waals surface area contributed by atoms with Gasteiger partial charge in [0.15, 0.2) is 0 Å². The molecule has 1 aliphatic carbocycles. The Morgan fingerprint density at radius 2 is 2.18 bits per heavy atom. The smallest absolute Gasteiger partial charge is 0.260 e. The zero-order chi connectivity index (χ0) is 16.3. The quantitative estimate of drug-likeness (QED) is 0.893.